The average molecular weight is 332 g/mol. The Morgan fingerprint density at radius 3 is 2.64 bits per heavy atom. The van der Waals surface area contributed by atoms with Gasteiger partial charge in [0.1, 0.15) is 5.82 Å². The van der Waals surface area contributed by atoms with Crippen LogP contribution >= 0.6 is 0 Å². The number of anilines is 1. The van der Waals surface area contributed by atoms with Crippen molar-refractivity contribution in [2.45, 2.75) is 6.92 Å². The number of halogens is 1. The number of rotatable bonds is 2. The van der Waals surface area contributed by atoms with Gasteiger partial charge in [0, 0.05) is 29.8 Å². The van der Waals surface area contributed by atoms with Crippen molar-refractivity contribution in [1.82, 2.24) is 14.8 Å². The number of nitrogen functional groups attached to an aromatic ring is 1. The Labute approximate surface area is 144 Å². The van der Waals surface area contributed by atoms with Crippen LogP contribution < -0.4 is 5.73 Å². The second-order valence-electron chi connectivity index (χ2n) is 6.10. The van der Waals surface area contributed by atoms with Crippen molar-refractivity contribution < 1.29 is 4.39 Å². The van der Waals surface area contributed by atoms with Crippen LogP contribution in [-0.4, -0.2) is 14.8 Å². The van der Waals surface area contributed by atoms with Crippen LogP contribution in [0.15, 0.2) is 54.7 Å². The fourth-order valence-corrected chi connectivity index (χ4v) is 3.11. The number of hydrogen-bond donors (Lipinski definition) is 1. The topological polar surface area (TPSA) is 56.7 Å². The molecule has 25 heavy (non-hydrogen) atoms. The van der Waals surface area contributed by atoms with Crippen LogP contribution in [0.5, 0.6) is 0 Å². The Kier molecular flexibility index (Phi) is 3.50. The molecule has 2 aromatic heterocycles. The van der Waals surface area contributed by atoms with E-state index in [0.717, 1.165) is 33.3 Å². The standard InChI is InChI=1S/C20H17FN4/c1-12-10-14(6-8-17(12)21)19-15(4-3-9-23-19)13-5-7-16-18(11-13)25(2)24-20(16)22/h3-11H,1-2H3,(H2,22,24). The molecule has 2 N–H and O–H groups in total. The van der Waals surface area contributed by atoms with Gasteiger partial charge in [-0.2, -0.15) is 5.10 Å². The smallest absolute Gasteiger partial charge is 0.153 e. The van der Waals surface area contributed by atoms with Gasteiger partial charge in [-0.1, -0.05) is 12.1 Å². The van der Waals surface area contributed by atoms with E-state index < -0.39 is 0 Å². The monoisotopic (exact) mass is 332 g/mol. The van der Waals surface area contributed by atoms with Crippen LogP contribution in [0.3, 0.4) is 0 Å². The van der Waals surface area contributed by atoms with Crippen LogP contribution in [0, 0.1) is 12.7 Å². The minimum atomic E-state index is -0.215. The first-order valence-electron chi connectivity index (χ1n) is 7.99. The maximum Gasteiger partial charge on any atom is 0.153 e. The van der Waals surface area contributed by atoms with Crippen LogP contribution in [-0.2, 0) is 7.05 Å². The molecule has 124 valence electrons. The predicted molar refractivity (Wildman–Crippen MR) is 98.5 cm³/mol. The summed E-state index contributed by atoms with van der Waals surface area (Å²) < 4.78 is 15.4. The highest BCUT2D eigenvalue weighted by Crippen LogP contribution is 2.33. The third-order valence-electron chi connectivity index (χ3n) is 4.43. The van der Waals surface area contributed by atoms with Gasteiger partial charge in [0.25, 0.3) is 0 Å². The summed E-state index contributed by atoms with van der Waals surface area (Å²) in [6.07, 6.45) is 1.75. The zero-order valence-electron chi connectivity index (χ0n) is 14.0. The first-order valence-corrected chi connectivity index (χ1v) is 7.99. The van der Waals surface area contributed by atoms with Crippen LogP contribution in [0.1, 0.15) is 5.56 Å². The van der Waals surface area contributed by atoms with Gasteiger partial charge in [-0.05, 0) is 54.4 Å². The van der Waals surface area contributed by atoms with Crippen molar-refractivity contribution in [2.24, 2.45) is 7.05 Å². The lowest BCUT2D eigenvalue weighted by Crippen LogP contribution is -1.92. The molecule has 0 aliphatic rings. The summed E-state index contributed by atoms with van der Waals surface area (Å²) in [5, 5.41) is 5.19. The van der Waals surface area contributed by atoms with E-state index in [1.165, 1.54) is 6.07 Å². The zero-order chi connectivity index (χ0) is 17.6. The summed E-state index contributed by atoms with van der Waals surface area (Å²) >= 11 is 0. The van der Waals surface area contributed by atoms with Crippen LogP contribution in [0.25, 0.3) is 33.3 Å². The molecule has 4 rings (SSSR count). The number of aromatic nitrogens is 3. The van der Waals surface area contributed by atoms with E-state index in [2.05, 4.69) is 16.1 Å². The van der Waals surface area contributed by atoms with Gasteiger partial charge in [-0.3, -0.25) is 9.67 Å². The fourth-order valence-electron chi connectivity index (χ4n) is 3.11. The Morgan fingerprint density at radius 2 is 1.84 bits per heavy atom. The van der Waals surface area contributed by atoms with Crippen molar-refractivity contribution in [2.75, 3.05) is 5.73 Å². The summed E-state index contributed by atoms with van der Waals surface area (Å²) in [7, 11) is 1.87. The molecule has 0 saturated carbocycles. The van der Waals surface area contributed by atoms with Gasteiger partial charge in [-0.15, -0.1) is 0 Å². The van der Waals surface area contributed by atoms with Gasteiger partial charge in [-0.25, -0.2) is 4.39 Å². The number of fused-ring (bicyclic) bond motifs is 1. The van der Waals surface area contributed by atoms with Crippen LogP contribution in [0.4, 0.5) is 10.2 Å². The summed E-state index contributed by atoms with van der Waals surface area (Å²) in [6, 6.07) is 15.0. The number of pyridine rings is 1. The van der Waals surface area contributed by atoms with Gasteiger partial charge < -0.3 is 5.73 Å². The van der Waals surface area contributed by atoms with Crippen LogP contribution in [0.2, 0.25) is 0 Å². The number of hydrogen-bond acceptors (Lipinski definition) is 3. The quantitative estimate of drug-likeness (QED) is 0.594. The molecule has 0 atom stereocenters. The molecular weight excluding hydrogens is 315 g/mol. The van der Waals surface area contributed by atoms with E-state index in [0.29, 0.717) is 11.4 Å². The van der Waals surface area contributed by atoms with Gasteiger partial charge in [0.15, 0.2) is 5.82 Å². The minimum absolute atomic E-state index is 0.215. The number of aryl methyl sites for hydroxylation is 2. The van der Waals surface area contributed by atoms with E-state index >= 15 is 0 Å². The highest BCUT2D eigenvalue weighted by molar-refractivity contribution is 5.93. The van der Waals surface area contributed by atoms with E-state index in [4.69, 9.17) is 5.73 Å². The summed E-state index contributed by atoms with van der Waals surface area (Å²) in [4.78, 5) is 4.53. The lowest BCUT2D eigenvalue weighted by Gasteiger charge is -2.10. The van der Waals surface area contributed by atoms with Crippen molar-refractivity contribution in [3.8, 4) is 22.4 Å². The second kappa shape index (κ2) is 5.70. The maximum atomic E-state index is 13.6. The zero-order valence-corrected chi connectivity index (χ0v) is 14.0. The second-order valence-corrected chi connectivity index (χ2v) is 6.10. The van der Waals surface area contributed by atoms with Crippen molar-refractivity contribution in [3.05, 3.63) is 66.1 Å². The van der Waals surface area contributed by atoms with Gasteiger partial charge in [0.2, 0.25) is 0 Å². The predicted octanol–water partition coefficient (Wildman–Crippen LogP) is 4.33. The Hall–Kier alpha value is -3.21. The van der Waals surface area contributed by atoms with E-state index in [-0.39, 0.29) is 5.82 Å². The first kappa shape index (κ1) is 15.3. The molecule has 0 amide bonds. The normalized spacial score (nSPS) is 11.2. The molecule has 0 fully saturated rings. The molecule has 0 saturated heterocycles. The largest absolute Gasteiger partial charge is 0.382 e. The summed E-state index contributed by atoms with van der Waals surface area (Å²) in [6.45, 7) is 1.76. The van der Waals surface area contributed by atoms with Crippen molar-refractivity contribution >= 4 is 16.7 Å². The maximum absolute atomic E-state index is 13.6. The Balaban J connectivity index is 1.92. The van der Waals surface area contributed by atoms with Crippen molar-refractivity contribution in [1.29, 1.82) is 0 Å². The van der Waals surface area contributed by atoms with E-state index in [9.17, 15) is 4.39 Å². The molecule has 0 aliphatic heterocycles. The molecule has 2 heterocycles. The highest BCUT2D eigenvalue weighted by atomic mass is 19.1. The molecule has 5 heteroatoms. The molecular formula is C20H17FN4. The minimum Gasteiger partial charge on any atom is -0.382 e. The lowest BCUT2D eigenvalue weighted by molar-refractivity contribution is 0.619. The molecule has 2 aromatic carbocycles. The van der Waals surface area contributed by atoms with Crippen molar-refractivity contribution in [3.63, 3.8) is 0 Å². The summed E-state index contributed by atoms with van der Waals surface area (Å²) in [5.41, 5.74) is 11.2. The van der Waals surface area contributed by atoms with Gasteiger partial charge in [0.05, 0.1) is 11.2 Å². The van der Waals surface area contributed by atoms with E-state index in [1.807, 2.05) is 37.4 Å². The number of nitrogens with two attached hydrogens (primary N) is 1. The molecule has 4 aromatic rings. The third-order valence-corrected chi connectivity index (χ3v) is 4.43. The molecule has 0 unspecified atom stereocenters. The Morgan fingerprint density at radius 1 is 1.04 bits per heavy atom. The first-order chi connectivity index (χ1) is 12.0. The molecule has 4 nitrogen and oxygen atoms in total. The SMILES string of the molecule is Cc1cc(-c2ncccc2-c2ccc3c(N)nn(C)c3c2)ccc1F. The highest BCUT2D eigenvalue weighted by Gasteiger charge is 2.12. The van der Waals surface area contributed by atoms with Gasteiger partial charge >= 0.3 is 0 Å². The molecule has 0 radical (unpaired) electrons. The average Bonchev–Trinajstić information content (AvgIpc) is 2.91. The molecule has 0 aliphatic carbocycles. The summed E-state index contributed by atoms with van der Waals surface area (Å²) in [5.74, 6) is 0.303. The molecule has 0 bridgehead atoms. The third kappa shape index (κ3) is 2.54. The Bertz CT molecular complexity index is 1100. The number of benzene rings is 2. The lowest BCUT2D eigenvalue weighted by atomic mass is 9.97. The number of nitrogens with zero attached hydrogens (tertiary/aromatic N) is 3. The fraction of sp³-hybridized carbons (Fsp3) is 0.100. The van der Waals surface area contributed by atoms with E-state index in [1.54, 1.807) is 23.9 Å². The molecule has 0 spiro atoms.